The van der Waals surface area contributed by atoms with Gasteiger partial charge in [-0.2, -0.15) is 13.2 Å². The summed E-state index contributed by atoms with van der Waals surface area (Å²) >= 11 is 0. The third-order valence-electron chi connectivity index (χ3n) is 4.82. The quantitative estimate of drug-likeness (QED) is 0.267. The highest BCUT2D eigenvalue weighted by atomic mass is 19.4. The van der Waals surface area contributed by atoms with Crippen molar-refractivity contribution in [1.82, 2.24) is 5.43 Å². The van der Waals surface area contributed by atoms with Crippen LogP contribution in [0.15, 0.2) is 4.99 Å². The molecular formula is C15H26F3N3. The van der Waals surface area contributed by atoms with Crippen molar-refractivity contribution in [2.24, 2.45) is 22.7 Å². The normalized spacial score (nSPS) is 30.0. The van der Waals surface area contributed by atoms with Crippen molar-refractivity contribution >= 4 is 5.84 Å². The van der Waals surface area contributed by atoms with E-state index < -0.39 is 12.1 Å². The molecule has 2 atom stereocenters. The molecule has 0 aliphatic heterocycles. The van der Waals surface area contributed by atoms with Gasteiger partial charge in [-0.05, 0) is 32.1 Å². The number of alkyl halides is 3. The lowest BCUT2D eigenvalue weighted by Gasteiger charge is -2.31. The number of hydrogen-bond acceptors (Lipinski definition) is 2. The molecule has 2 rings (SSSR count). The molecule has 0 saturated heterocycles. The molecule has 2 unspecified atom stereocenters. The van der Waals surface area contributed by atoms with Crippen LogP contribution in [0.5, 0.6) is 0 Å². The molecule has 2 aliphatic rings. The predicted molar refractivity (Wildman–Crippen MR) is 77.8 cm³/mol. The van der Waals surface area contributed by atoms with Crippen molar-refractivity contribution in [3.63, 3.8) is 0 Å². The zero-order valence-corrected chi connectivity index (χ0v) is 12.5. The first-order valence-corrected chi connectivity index (χ1v) is 8.11. The van der Waals surface area contributed by atoms with Gasteiger partial charge < -0.3 is 5.43 Å². The molecule has 2 saturated carbocycles. The number of aliphatic imine (C=N–C) groups is 1. The molecule has 6 heteroatoms. The molecule has 21 heavy (non-hydrogen) atoms. The standard InChI is InChI=1S/C15H26F3N3/c16-15(17,18)12-7-5-6-11(10-12)14(21-19)20-13-8-3-1-2-4-9-13/h11-13H,1-10,19H2,(H,20,21). The van der Waals surface area contributed by atoms with Gasteiger partial charge in [0.15, 0.2) is 0 Å². The summed E-state index contributed by atoms with van der Waals surface area (Å²) in [5.74, 6) is 4.77. The Labute approximate surface area is 124 Å². The largest absolute Gasteiger partial charge is 0.391 e. The summed E-state index contributed by atoms with van der Waals surface area (Å²) in [4.78, 5) is 4.67. The number of nitrogens with one attached hydrogen (secondary N) is 1. The highest BCUT2D eigenvalue weighted by molar-refractivity contribution is 5.84. The number of hydrazine groups is 1. The summed E-state index contributed by atoms with van der Waals surface area (Å²) in [6.45, 7) is 0. The lowest BCUT2D eigenvalue weighted by Crippen LogP contribution is -2.41. The molecule has 3 nitrogen and oxygen atoms in total. The van der Waals surface area contributed by atoms with E-state index in [0.717, 1.165) is 32.1 Å². The Morgan fingerprint density at radius 1 is 0.952 bits per heavy atom. The van der Waals surface area contributed by atoms with Crippen LogP contribution in [0.1, 0.15) is 64.2 Å². The Hall–Kier alpha value is -0.780. The highest BCUT2D eigenvalue weighted by Crippen LogP contribution is 2.40. The van der Waals surface area contributed by atoms with Crippen LogP contribution >= 0.6 is 0 Å². The molecule has 0 bridgehead atoms. The maximum Gasteiger partial charge on any atom is 0.391 e. The second kappa shape index (κ2) is 7.47. The molecule has 3 N–H and O–H groups in total. The third-order valence-corrected chi connectivity index (χ3v) is 4.82. The Kier molecular flexibility index (Phi) is 5.90. The second-order valence-corrected chi connectivity index (χ2v) is 6.41. The first kappa shape index (κ1) is 16.6. The van der Waals surface area contributed by atoms with Gasteiger partial charge in [0.25, 0.3) is 0 Å². The lowest BCUT2D eigenvalue weighted by atomic mass is 9.80. The molecule has 2 fully saturated rings. The predicted octanol–water partition coefficient (Wildman–Crippen LogP) is 3.94. The third kappa shape index (κ3) is 4.87. The monoisotopic (exact) mass is 305 g/mol. The fourth-order valence-corrected chi connectivity index (χ4v) is 3.58. The second-order valence-electron chi connectivity index (χ2n) is 6.41. The van der Waals surface area contributed by atoms with Crippen molar-refractivity contribution in [2.45, 2.75) is 76.4 Å². The van der Waals surface area contributed by atoms with E-state index in [1.165, 1.54) is 12.8 Å². The van der Waals surface area contributed by atoms with E-state index in [1.54, 1.807) is 0 Å². The van der Waals surface area contributed by atoms with Crippen LogP contribution in [0, 0.1) is 11.8 Å². The molecule has 0 aromatic rings. The van der Waals surface area contributed by atoms with E-state index in [0.29, 0.717) is 12.3 Å². The van der Waals surface area contributed by atoms with Crippen molar-refractivity contribution in [3.05, 3.63) is 0 Å². The molecule has 0 amide bonds. The first-order chi connectivity index (χ1) is 10.0. The Morgan fingerprint density at radius 3 is 2.19 bits per heavy atom. The topological polar surface area (TPSA) is 50.4 Å². The zero-order valence-electron chi connectivity index (χ0n) is 12.5. The van der Waals surface area contributed by atoms with Crippen molar-refractivity contribution in [2.75, 3.05) is 0 Å². The van der Waals surface area contributed by atoms with Crippen molar-refractivity contribution < 1.29 is 13.2 Å². The van der Waals surface area contributed by atoms with E-state index in [1.807, 2.05) is 0 Å². The van der Waals surface area contributed by atoms with Crippen LogP contribution in [0.3, 0.4) is 0 Å². The fourth-order valence-electron chi connectivity index (χ4n) is 3.58. The lowest BCUT2D eigenvalue weighted by molar-refractivity contribution is -0.183. The maximum atomic E-state index is 12.9. The number of nitrogens with two attached hydrogens (primary N) is 1. The smallest absolute Gasteiger partial charge is 0.312 e. The van der Waals surface area contributed by atoms with Gasteiger partial charge in [0.2, 0.25) is 0 Å². The van der Waals surface area contributed by atoms with Gasteiger partial charge in [-0.1, -0.05) is 32.1 Å². The van der Waals surface area contributed by atoms with Gasteiger partial charge in [-0.15, -0.1) is 0 Å². The Morgan fingerprint density at radius 2 is 1.62 bits per heavy atom. The van der Waals surface area contributed by atoms with Gasteiger partial charge in [0.05, 0.1) is 12.0 Å². The van der Waals surface area contributed by atoms with E-state index in [-0.39, 0.29) is 24.8 Å². The summed E-state index contributed by atoms with van der Waals surface area (Å²) < 4.78 is 38.7. The van der Waals surface area contributed by atoms with Crippen LogP contribution in [-0.2, 0) is 0 Å². The minimum absolute atomic E-state index is 0.124. The molecule has 0 aromatic carbocycles. The van der Waals surface area contributed by atoms with E-state index >= 15 is 0 Å². The molecule has 0 spiro atoms. The summed E-state index contributed by atoms with van der Waals surface area (Å²) in [6.07, 6.45) is 4.45. The minimum atomic E-state index is -4.10. The first-order valence-electron chi connectivity index (χ1n) is 8.11. The maximum absolute atomic E-state index is 12.9. The Balaban J connectivity index is 2.01. The van der Waals surface area contributed by atoms with Gasteiger partial charge >= 0.3 is 6.18 Å². The van der Waals surface area contributed by atoms with Crippen LogP contribution < -0.4 is 11.3 Å². The summed E-state index contributed by atoms with van der Waals surface area (Å²) in [7, 11) is 0. The van der Waals surface area contributed by atoms with E-state index in [4.69, 9.17) is 5.84 Å². The SMILES string of the molecule is NNC(=NC1CCCCCC1)C1CCCC(C(F)(F)F)C1. The van der Waals surface area contributed by atoms with Gasteiger partial charge in [0, 0.05) is 5.92 Å². The van der Waals surface area contributed by atoms with E-state index in [9.17, 15) is 13.2 Å². The zero-order chi connectivity index (χ0) is 15.3. The minimum Gasteiger partial charge on any atom is -0.312 e. The van der Waals surface area contributed by atoms with Crippen LogP contribution in [-0.4, -0.2) is 18.1 Å². The molecule has 0 heterocycles. The van der Waals surface area contributed by atoms with Crippen molar-refractivity contribution in [1.29, 1.82) is 0 Å². The summed E-state index contributed by atoms with van der Waals surface area (Å²) in [6, 6.07) is 0.227. The summed E-state index contributed by atoms with van der Waals surface area (Å²) in [5.41, 5.74) is 2.59. The number of amidine groups is 1. The van der Waals surface area contributed by atoms with Gasteiger partial charge in [0.1, 0.15) is 5.84 Å². The van der Waals surface area contributed by atoms with Gasteiger partial charge in [-0.3, -0.25) is 4.99 Å². The number of nitrogens with zero attached hydrogens (tertiary/aromatic N) is 1. The highest BCUT2D eigenvalue weighted by Gasteiger charge is 2.43. The molecule has 0 radical (unpaired) electrons. The van der Waals surface area contributed by atoms with Crippen LogP contribution in [0.4, 0.5) is 13.2 Å². The summed E-state index contributed by atoms with van der Waals surface area (Å²) in [5, 5.41) is 0. The number of rotatable bonds is 2. The molecule has 2 aliphatic carbocycles. The molecule has 122 valence electrons. The fraction of sp³-hybridized carbons (Fsp3) is 0.933. The van der Waals surface area contributed by atoms with Crippen LogP contribution in [0.2, 0.25) is 0 Å². The van der Waals surface area contributed by atoms with Crippen molar-refractivity contribution in [3.8, 4) is 0 Å². The van der Waals surface area contributed by atoms with E-state index in [2.05, 4.69) is 10.4 Å². The van der Waals surface area contributed by atoms with Gasteiger partial charge in [-0.25, -0.2) is 5.84 Å². The average molecular weight is 305 g/mol. The molecular weight excluding hydrogens is 279 g/mol. The number of hydrogen-bond donors (Lipinski definition) is 2. The Bertz CT molecular complexity index is 347. The van der Waals surface area contributed by atoms with Crippen LogP contribution in [0.25, 0.3) is 0 Å². The molecule has 0 aromatic heterocycles. The average Bonchev–Trinajstić information content (AvgIpc) is 2.72. The number of halogens is 3.